The van der Waals surface area contributed by atoms with E-state index in [4.69, 9.17) is 0 Å². The number of hydrogen-bond donors (Lipinski definition) is 1. The van der Waals surface area contributed by atoms with Gasteiger partial charge in [0.25, 0.3) is 0 Å². The van der Waals surface area contributed by atoms with Crippen LogP contribution in [0.3, 0.4) is 0 Å². The van der Waals surface area contributed by atoms with Gasteiger partial charge in [-0.15, -0.1) is 0 Å². The fraction of sp³-hybridized carbons (Fsp3) is 0.400. The molecule has 0 amide bonds. The van der Waals surface area contributed by atoms with Crippen molar-refractivity contribution >= 4 is 0 Å². The molecule has 2 rings (SSSR count). The average Bonchev–Trinajstić information content (AvgIpc) is 2.88. The van der Waals surface area contributed by atoms with Crippen molar-refractivity contribution in [3.63, 3.8) is 0 Å². The second kappa shape index (κ2) is 6.36. The van der Waals surface area contributed by atoms with Gasteiger partial charge in [0.1, 0.15) is 5.82 Å². The van der Waals surface area contributed by atoms with Crippen molar-refractivity contribution in [3.8, 4) is 0 Å². The summed E-state index contributed by atoms with van der Waals surface area (Å²) >= 11 is 0. The van der Waals surface area contributed by atoms with Crippen LogP contribution < -0.4 is 5.32 Å². The number of rotatable bonds is 6. The van der Waals surface area contributed by atoms with E-state index in [2.05, 4.69) is 59.0 Å². The maximum absolute atomic E-state index is 4.39. The largest absolute Gasteiger partial charge is 0.334 e. The van der Waals surface area contributed by atoms with E-state index in [1.165, 1.54) is 5.56 Å². The monoisotopic (exact) mass is 243 g/mol. The third-order valence-electron chi connectivity index (χ3n) is 3.26. The molecule has 3 heteroatoms. The lowest BCUT2D eigenvalue weighted by molar-refractivity contribution is 0.497. The summed E-state index contributed by atoms with van der Waals surface area (Å²) in [5.41, 5.74) is 1.34. The van der Waals surface area contributed by atoms with Crippen LogP contribution in [0.2, 0.25) is 0 Å². The van der Waals surface area contributed by atoms with Crippen molar-refractivity contribution in [3.05, 3.63) is 54.1 Å². The van der Waals surface area contributed by atoms with Crippen molar-refractivity contribution < 1.29 is 0 Å². The summed E-state index contributed by atoms with van der Waals surface area (Å²) in [5.74, 6) is 1.10. The molecule has 1 heterocycles. The van der Waals surface area contributed by atoms with Crippen molar-refractivity contribution in [2.24, 2.45) is 0 Å². The zero-order valence-electron chi connectivity index (χ0n) is 11.1. The summed E-state index contributed by atoms with van der Waals surface area (Å²) in [6.45, 7) is 6.13. The Balaban J connectivity index is 2.00. The Morgan fingerprint density at radius 1 is 1.22 bits per heavy atom. The first-order valence-electron chi connectivity index (χ1n) is 6.63. The van der Waals surface area contributed by atoms with Crippen molar-refractivity contribution in [2.75, 3.05) is 0 Å². The molecule has 1 aromatic heterocycles. The molecular weight excluding hydrogens is 222 g/mol. The van der Waals surface area contributed by atoms with Crippen molar-refractivity contribution in [1.29, 1.82) is 0 Å². The minimum Gasteiger partial charge on any atom is -0.334 e. The molecule has 0 saturated heterocycles. The van der Waals surface area contributed by atoms with Gasteiger partial charge in [-0.25, -0.2) is 4.98 Å². The van der Waals surface area contributed by atoms with E-state index in [0.717, 1.165) is 25.3 Å². The Bertz CT molecular complexity index is 462. The Morgan fingerprint density at radius 3 is 2.67 bits per heavy atom. The number of nitrogens with one attached hydrogen (secondary N) is 1. The van der Waals surface area contributed by atoms with E-state index >= 15 is 0 Å². The molecule has 0 aliphatic carbocycles. The number of aromatic nitrogens is 2. The molecule has 0 fully saturated rings. The molecule has 2 aromatic rings. The van der Waals surface area contributed by atoms with E-state index in [1.54, 1.807) is 0 Å². The van der Waals surface area contributed by atoms with Crippen LogP contribution in [0.1, 0.15) is 37.7 Å². The predicted molar refractivity (Wildman–Crippen MR) is 74.2 cm³/mol. The quantitative estimate of drug-likeness (QED) is 0.844. The maximum atomic E-state index is 4.39. The molecule has 96 valence electrons. The van der Waals surface area contributed by atoms with Crippen molar-refractivity contribution in [2.45, 2.75) is 39.4 Å². The summed E-state index contributed by atoms with van der Waals surface area (Å²) in [5, 5.41) is 3.58. The molecule has 0 spiro atoms. The lowest BCUT2D eigenvalue weighted by atomic mass is 10.0. The third kappa shape index (κ3) is 2.99. The van der Waals surface area contributed by atoms with E-state index in [1.807, 2.05) is 12.4 Å². The molecule has 1 atom stereocenters. The Labute approximate surface area is 109 Å². The zero-order valence-corrected chi connectivity index (χ0v) is 11.1. The lowest BCUT2D eigenvalue weighted by Gasteiger charge is -2.17. The van der Waals surface area contributed by atoms with Crippen molar-refractivity contribution in [1.82, 2.24) is 14.9 Å². The highest BCUT2D eigenvalue weighted by molar-refractivity contribution is 5.18. The molecular formula is C15H21N3. The van der Waals surface area contributed by atoms with Gasteiger partial charge < -0.3 is 9.88 Å². The van der Waals surface area contributed by atoms with Gasteiger partial charge in [-0.05, 0) is 18.9 Å². The van der Waals surface area contributed by atoms with Crippen LogP contribution in [-0.4, -0.2) is 9.55 Å². The first-order chi connectivity index (χ1) is 8.85. The molecule has 1 aromatic carbocycles. The predicted octanol–water partition coefficient (Wildman–Crippen LogP) is 3.14. The number of nitrogens with zero attached hydrogens (tertiary/aromatic N) is 2. The number of aryl methyl sites for hydroxylation is 1. The SMILES string of the molecule is CCC(NCc1nccn1CC)c1ccccc1. The number of hydrogen-bond acceptors (Lipinski definition) is 2. The minimum absolute atomic E-state index is 0.396. The molecule has 3 nitrogen and oxygen atoms in total. The van der Waals surface area contributed by atoms with Crippen LogP contribution in [0.15, 0.2) is 42.7 Å². The maximum Gasteiger partial charge on any atom is 0.122 e. The first kappa shape index (κ1) is 12.8. The topological polar surface area (TPSA) is 29.9 Å². The lowest BCUT2D eigenvalue weighted by Crippen LogP contribution is -2.22. The molecule has 0 aliphatic heterocycles. The molecule has 18 heavy (non-hydrogen) atoms. The van der Waals surface area contributed by atoms with Crippen LogP contribution in [-0.2, 0) is 13.1 Å². The van der Waals surface area contributed by atoms with Crippen LogP contribution in [0.4, 0.5) is 0 Å². The fourth-order valence-electron chi connectivity index (χ4n) is 2.19. The molecule has 1 N–H and O–H groups in total. The third-order valence-corrected chi connectivity index (χ3v) is 3.26. The van der Waals surface area contributed by atoms with Gasteiger partial charge in [0, 0.05) is 25.0 Å². The van der Waals surface area contributed by atoms with Gasteiger partial charge >= 0.3 is 0 Å². The summed E-state index contributed by atoms with van der Waals surface area (Å²) < 4.78 is 2.17. The van der Waals surface area contributed by atoms with Gasteiger partial charge in [-0.3, -0.25) is 0 Å². The Morgan fingerprint density at radius 2 is 2.00 bits per heavy atom. The van der Waals surface area contributed by atoms with E-state index in [0.29, 0.717) is 6.04 Å². The molecule has 1 unspecified atom stereocenters. The van der Waals surface area contributed by atoms with Gasteiger partial charge in [0.2, 0.25) is 0 Å². The molecule has 0 saturated carbocycles. The first-order valence-corrected chi connectivity index (χ1v) is 6.63. The summed E-state index contributed by atoms with van der Waals surface area (Å²) in [6.07, 6.45) is 4.97. The smallest absolute Gasteiger partial charge is 0.122 e. The second-order valence-electron chi connectivity index (χ2n) is 4.38. The van der Waals surface area contributed by atoms with Gasteiger partial charge in [-0.2, -0.15) is 0 Å². The van der Waals surface area contributed by atoms with Gasteiger partial charge in [-0.1, -0.05) is 37.3 Å². The van der Waals surface area contributed by atoms with Crippen LogP contribution in [0, 0.1) is 0 Å². The van der Waals surface area contributed by atoms with E-state index < -0.39 is 0 Å². The summed E-state index contributed by atoms with van der Waals surface area (Å²) in [4.78, 5) is 4.39. The number of imidazole rings is 1. The number of benzene rings is 1. The zero-order chi connectivity index (χ0) is 12.8. The van der Waals surface area contributed by atoms with E-state index in [9.17, 15) is 0 Å². The minimum atomic E-state index is 0.396. The van der Waals surface area contributed by atoms with Gasteiger partial charge in [0.05, 0.1) is 6.54 Å². The Kier molecular flexibility index (Phi) is 4.53. The van der Waals surface area contributed by atoms with Crippen LogP contribution in [0.25, 0.3) is 0 Å². The van der Waals surface area contributed by atoms with Crippen LogP contribution >= 0.6 is 0 Å². The highest BCUT2D eigenvalue weighted by Crippen LogP contribution is 2.16. The summed E-state index contributed by atoms with van der Waals surface area (Å²) in [7, 11) is 0. The molecule has 0 bridgehead atoms. The molecule has 0 aliphatic rings. The van der Waals surface area contributed by atoms with Crippen LogP contribution in [0.5, 0.6) is 0 Å². The normalized spacial score (nSPS) is 12.6. The Hall–Kier alpha value is -1.61. The van der Waals surface area contributed by atoms with Gasteiger partial charge in [0.15, 0.2) is 0 Å². The highest BCUT2D eigenvalue weighted by atomic mass is 15.1. The standard InChI is InChI=1S/C15H21N3/c1-3-14(13-8-6-5-7-9-13)17-12-15-16-10-11-18(15)4-2/h5-11,14,17H,3-4,12H2,1-2H3. The average molecular weight is 243 g/mol. The molecule has 0 radical (unpaired) electrons. The van der Waals surface area contributed by atoms with E-state index in [-0.39, 0.29) is 0 Å². The highest BCUT2D eigenvalue weighted by Gasteiger charge is 2.09. The fourth-order valence-corrected chi connectivity index (χ4v) is 2.19. The second-order valence-corrected chi connectivity index (χ2v) is 4.38. The summed E-state index contributed by atoms with van der Waals surface area (Å²) in [6, 6.07) is 11.0.